The van der Waals surface area contributed by atoms with E-state index in [9.17, 15) is 0 Å². The van der Waals surface area contributed by atoms with Crippen LogP contribution in [-0.4, -0.2) is 12.2 Å². The molecule has 0 atom stereocenters. The van der Waals surface area contributed by atoms with Gasteiger partial charge in [-0.05, 0) is 37.8 Å². The lowest BCUT2D eigenvalue weighted by Crippen LogP contribution is -2.19. The predicted octanol–water partition coefficient (Wildman–Crippen LogP) is 1.62. The molecular weight excluding hydrogens is 136 g/mol. The van der Waals surface area contributed by atoms with Gasteiger partial charge in [-0.25, -0.2) is 4.89 Å². The highest BCUT2D eigenvalue weighted by Crippen LogP contribution is 2.06. The van der Waals surface area contributed by atoms with E-state index in [2.05, 4.69) is 19.9 Å². The first kappa shape index (κ1) is 9.84. The van der Waals surface area contributed by atoms with Crippen LogP contribution in [0.15, 0.2) is 0 Å². The summed E-state index contributed by atoms with van der Waals surface area (Å²) in [5.74, 6) is 0. The molecule has 4 heteroatoms. The molecule has 0 heterocycles. The minimum absolute atomic E-state index is 0.378. The minimum atomic E-state index is -0.378. The first-order chi connectivity index (χ1) is 4.56. The van der Waals surface area contributed by atoms with Crippen LogP contribution in [0.25, 0.3) is 0 Å². The molecule has 4 nitrogen and oxygen atoms in total. The largest absolute Gasteiger partial charge is 0.204 e. The lowest BCUT2D eigenvalue weighted by molar-refractivity contribution is -0.648. The molecule has 0 bridgehead atoms. The second-order valence-corrected chi connectivity index (χ2v) is 2.74. The van der Waals surface area contributed by atoms with Crippen LogP contribution < -0.4 is 0 Å². The molecule has 0 amide bonds. The van der Waals surface area contributed by atoms with Crippen molar-refractivity contribution in [1.82, 2.24) is 0 Å². The van der Waals surface area contributed by atoms with Gasteiger partial charge in [0.2, 0.25) is 0 Å². The van der Waals surface area contributed by atoms with E-state index in [1.165, 1.54) is 0 Å². The molecule has 0 spiro atoms. The van der Waals surface area contributed by atoms with Gasteiger partial charge in [0.25, 0.3) is 0 Å². The zero-order valence-electron chi connectivity index (χ0n) is 6.84. The van der Waals surface area contributed by atoms with E-state index in [-0.39, 0.29) is 5.60 Å². The highest BCUT2D eigenvalue weighted by molar-refractivity contribution is 4.53. The van der Waals surface area contributed by atoms with Crippen LogP contribution in [0.2, 0.25) is 0 Å². The lowest BCUT2D eigenvalue weighted by atomic mass is 10.2. The summed E-state index contributed by atoms with van der Waals surface area (Å²) in [5, 5.41) is 8.35. The summed E-state index contributed by atoms with van der Waals surface area (Å²) >= 11 is 0. The van der Waals surface area contributed by atoms with Gasteiger partial charge in [-0.3, -0.25) is 0 Å². The molecule has 10 heavy (non-hydrogen) atoms. The molecule has 0 fully saturated rings. The summed E-state index contributed by atoms with van der Waals surface area (Å²) in [6, 6.07) is 0. The van der Waals surface area contributed by atoms with Crippen molar-refractivity contribution >= 4 is 0 Å². The Morgan fingerprint density at radius 2 is 1.70 bits per heavy atom. The molecule has 0 aromatic carbocycles. The summed E-state index contributed by atoms with van der Waals surface area (Å²) in [6.07, 6.45) is 0. The Hall–Kier alpha value is -0.160. The van der Waals surface area contributed by atoms with Gasteiger partial charge in [-0.2, -0.15) is 4.89 Å². The molecular formula is C6H14O4. The van der Waals surface area contributed by atoms with E-state index >= 15 is 0 Å². The maximum absolute atomic E-state index is 4.68. The molecule has 0 aromatic rings. The highest BCUT2D eigenvalue weighted by Gasteiger charge is 2.11. The number of hydrogen-bond donors (Lipinski definition) is 0. The molecule has 0 aliphatic heterocycles. The fourth-order valence-electron chi connectivity index (χ4n) is 0.184. The van der Waals surface area contributed by atoms with Crippen molar-refractivity contribution in [2.75, 3.05) is 6.61 Å². The maximum atomic E-state index is 4.68. The molecule has 0 unspecified atom stereocenters. The first-order valence-corrected chi connectivity index (χ1v) is 3.20. The molecule has 0 aliphatic carbocycles. The van der Waals surface area contributed by atoms with Crippen molar-refractivity contribution in [2.45, 2.75) is 33.3 Å². The van der Waals surface area contributed by atoms with Crippen LogP contribution in [0.1, 0.15) is 27.7 Å². The average molecular weight is 150 g/mol. The maximum Gasteiger partial charge on any atom is 0.0984 e. The number of hydrogen-bond acceptors (Lipinski definition) is 4. The van der Waals surface area contributed by atoms with Gasteiger partial charge in [0.05, 0.1) is 12.2 Å². The first-order valence-electron chi connectivity index (χ1n) is 3.20. The molecule has 0 N–H and O–H groups in total. The fraction of sp³-hybridized carbons (Fsp3) is 1.00. The minimum Gasteiger partial charge on any atom is -0.204 e. The standard InChI is InChI=1S/C6H14O4/c1-5-7-9-10-8-6(2,3)4/h5H2,1-4H3. The molecule has 0 rings (SSSR count). The highest BCUT2D eigenvalue weighted by atomic mass is 17.7. The van der Waals surface area contributed by atoms with E-state index < -0.39 is 0 Å². The lowest BCUT2D eigenvalue weighted by Gasteiger charge is -2.14. The van der Waals surface area contributed by atoms with E-state index in [0.29, 0.717) is 6.61 Å². The Kier molecular flexibility index (Phi) is 4.55. The third kappa shape index (κ3) is 7.84. The van der Waals surface area contributed by atoms with Crippen molar-refractivity contribution in [3.05, 3.63) is 0 Å². The summed E-state index contributed by atoms with van der Waals surface area (Å²) in [6.45, 7) is 7.71. The Labute approximate surface area is 60.8 Å². The van der Waals surface area contributed by atoms with Crippen LogP contribution in [0.3, 0.4) is 0 Å². The van der Waals surface area contributed by atoms with Gasteiger partial charge in [-0.1, -0.05) is 0 Å². The average Bonchev–Trinajstić information content (AvgIpc) is 1.78. The second-order valence-electron chi connectivity index (χ2n) is 2.74. The zero-order valence-corrected chi connectivity index (χ0v) is 6.84. The Balaban J connectivity index is 3.04. The molecule has 0 aliphatic rings. The Morgan fingerprint density at radius 3 is 2.10 bits per heavy atom. The van der Waals surface area contributed by atoms with Crippen molar-refractivity contribution in [2.24, 2.45) is 0 Å². The summed E-state index contributed by atoms with van der Waals surface area (Å²) in [7, 11) is 0. The quantitative estimate of drug-likeness (QED) is 0.346. The SMILES string of the molecule is CCOOOOC(C)(C)C. The third-order valence-corrected chi connectivity index (χ3v) is 0.478. The molecule has 0 radical (unpaired) electrons. The molecule has 0 saturated heterocycles. The van der Waals surface area contributed by atoms with Gasteiger partial charge in [0.15, 0.2) is 0 Å². The second kappa shape index (κ2) is 4.62. The smallest absolute Gasteiger partial charge is 0.0984 e. The molecule has 0 aromatic heterocycles. The molecule has 62 valence electrons. The normalized spacial score (nSPS) is 12.0. The van der Waals surface area contributed by atoms with Crippen molar-refractivity contribution < 1.29 is 19.9 Å². The predicted molar refractivity (Wildman–Crippen MR) is 34.6 cm³/mol. The molecule has 0 saturated carbocycles. The van der Waals surface area contributed by atoms with Crippen LogP contribution in [0.4, 0.5) is 0 Å². The van der Waals surface area contributed by atoms with Crippen LogP contribution in [-0.2, 0) is 19.9 Å². The Morgan fingerprint density at radius 1 is 1.10 bits per heavy atom. The van der Waals surface area contributed by atoms with Gasteiger partial charge < -0.3 is 0 Å². The van der Waals surface area contributed by atoms with Gasteiger partial charge in [0.1, 0.15) is 0 Å². The number of rotatable bonds is 4. The topological polar surface area (TPSA) is 36.9 Å². The van der Waals surface area contributed by atoms with E-state index in [0.717, 1.165) is 0 Å². The zero-order chi connectivity index (χ0) is 8.04. The van der Waals surface area contributed by atoms with Crippen LogP contribution >= 0.6 is 0 Å². The Bertz CT molecular complexity index is 76.3. The summed E-state index contributed by atoms with van der Waals surface area (Å²) in [5.41, 5.74) is -0.378. The van der Waals surface area contributed by atoms with Crippen LogP contribution in [0.5, 0.6) is 0 Å². The van der Waals surface area contributed by atoms with E-state index in [4.69, 9.17) is 0 Å². The van der Waals surface area contributed by atoms with Gasteiger partial charge >= 0.3 is 0 Å². The fourth-order valence-corrected chi connectivity index (χ4v) is 0.184. The van der Waals surface area contributed by atoms with Crippen LogP contribution in [0, 0.1) is 0 Å². The van der Waals surface area contributed by atoms with E-state index in [1.54, 1.807) is 6.92 Å². The third-order valence-electron chi connectivity index (χ3n) is 0.478. The summed E-state index contributed by atoms with van der Waals surface area (Å²) in [4.78, 5) is 9.07. The summed E-state index contributed by atoms with van der Waals surface area (Å²) < 4.78 is 0. The van der Waals surface area contributed by atoms with E-state index in [1.807, 2.05) is 20.8 Å². The van der Waals surface area contributed by atoms with Crippen molar-refractivity contribution in [1.29, 1.82) is 0 Å². The van der Waals surface area contributed by atoms with Crippen molar-refractivity contribution in [3.8, 4) is 0 Å². The monoisotopic (exact) mass is 150 g/mol. The van der Waals surface area contributed by atoms with Crippen molar-refractivity contribution in [3.63, 3.8) is 0 Å². The van der Waals surface area contributed by atoms with Gasteiger partial charge in [-0.15, -0.1) is 0 Å². The van der Waals surface area contributed by atoms with Gasteiger partial charge in [0, 0.05) is 0 Å².